The molecule has 0 atom stereocenters. The molecule has 0 radical (unpaired) electrons. The summed E-state index contributed by atoms with van der Waals surface area (Å²) in [5, 5.41) is 75.0. The van der Waals surface area contributed by atoms with Crippen LogP contribution in [0.15, 0.2) is 93.3 Å². The van der Waals surface area contributed by atoms with Crippen LogP contribution in [0.1, 0.15) is 20.7 Å². The number of phenols is 4. The SMILES string of the molecule is O=C([O-])c1c(O)ccc(N=Nc2ccc(-c3ccc(N=Nc4ccc(O)c(C(=O)O)c4O)cc3)cc2)c1O.[K+]. The van der Waals surface area contributed by atoms with Gasteiger partial charge in [0.15, 0.2) is 11.5 Å². The summed E-state index contributed by atoms with van der Waals surface area (Å²) in [6, 6.07) is 18.3. The van der Waals surface area contributed by atoms with E-state index in [1.807, 2.05) is 0 Å². The number of aromatic carboxylic acids is 2. The molecule has 5 N–H and O–H groups in total. The third-order valence-electron chi connectivity index (χ3n) is 5.30. The van der Waals surface area contributed by atoms with E-state index in [9.17, 15) is 35.1 Å². The van der Waals surface area contributed by atoms with Gasteiger partial charge in [0.1, 0.15) is 28.4 Å². The molecule has 0 aliphatic carbocycles. The molecule has 0 heterocycles. The van der Waals surface area contributed by atoms with Crippen molar-refractivity contribution < 1.29 is 91.6 Å². The van der Waals surface area contributed by atoms with Crippen molar-refractivity contribution in [2.75, 3.05) is 0 Å². The number of rotatable bonds is 7. The molecule has 39 heavy (non-hydrogen) atoms. The molecule has 13 heteroatoms. The van der Waals surface area contributed by atoms with Gasteiger partial charge in [-0.3, -0.25) is 0 Å². The van der Waals surface area contributed by atoms with Gasteiger partial charge in [0.2, 0.25) is 0 Å². The van der Waals surface area contributed by atoms with Gasteiger partial charge in [0, 0.05) is 0 Å². The Morgan fingerprint density at radius 2 is 0.949 bits per heavy atom. The van der Waals surface area contributed by atoms with Crippen molar-refractivity contribution in [2.45, 2.75) is 0 Å². The Hall–Kier alpha value is -4.14. The van der Waals surface area contributed by atoms with E-state index >= 15 is 0 Å². The number of hydrogen-bond acceptors (Lipinski definition) is 11. The van der Waals surface area contributed by atoms with Crippen LogP contribution in [0.3, 0.4) is 0 Å². The molecule has 0 unspecified atom stereocenters. The van der Waals surface area contributed by atoms with Crippen LogP contribution in [0, 0.1) is 0 Å². The largest absolute Gasteiger partial charge is 1.00 e. The number of carbonyl (C=O) groups is 2. The van der Waals surface area contributed by atoms with Crippen molar-refractivity contribution in [1.82, 2.24) is 0 Å². The zero-order valence-electron chi connectivity index (χ0n) is 20.2. The number of carbonyl (C=O) groups excluding carboxylic acids is 1. The molecular formula is C26H17KN4O8. The maximum atomic E-state index is 11.2. The minimum atomic E-state index is -1.75. The standard InChI is InChI=1S/C26H18N4O8.K/c31-19-11-9-17(23(33)21(19)25(35)36)29-27-15-5-1-13(2-6-15)14-3-7-16(8-4-14)28-30-18-10-12-20(32)22(24(18)34)26(37)38;/h1-12,31-34H,(H,35,36)(H,37,38);/q;+1/p-1. The third-order valence-corrected chi connectivity index (χ3v) is 5.30. The molecule has 190 valence electrons. The summed E-state index contributed by atoms with van der Waals surface area (Å²) in [7, 11) is 0. The number of hydrogen-bond donors (Lipinski definition) is 5. The molecule has 0 saturated carbocycles. The number of aromatic hydroxyl groups is 4. The predicted octanol–water partition coefficient (Wildman–Crippen LogP) is 2.07. The maximum Gasteiger partial charge on any atom is 1.00 e. The van der Waals surface area contributed by atoms with Gasteiger partial charge in [-0.15, -0.1) is 10.2 Å². The van der Waals surface area contributed by atoms with E-state index < -0.39 is 46.1 Å². The van der Waals surface area contributed by atoms with Crippen LogP contribution in [0.25, 0.3) is 11.1 Å². The van der Waals surface area contributed by atoms with Crippen molar-refractivity contribution in [2.24, 2.45) is 20.5 Å². The Morgan fingerprint density at radius 3 is 1.33 bits per heavy atom. The summed E-state index contributed by atoms with van der Waals surface area (Å²) in [6.07, 6.45) is 0. The van der Waals surface area contributed by atoms with E-state index in [0.717, 1.165) is 23.3 Å². The van der Waals surface area contributed by atoms with E-state index in [2.05, 4.69) is 20.5 Å². The third kappa shape index (κ3) is 6.65. The van der Waals surface area contributed by atoms with Crippen LogP contribution in [0.5, 0.6) is 23.0 Å². The fraction of sp³-hybridized carbons (Fsp3) is 0. The first-order valence-electron chi connectivity index (χ1n) is 10.7. The molecule has 12 nitrogen and oxygen atoms in total. The summed E-state index contributed by atoms with van der Waals surface area (Å²) in [5.74, 6) is -5.95. The van der Waals surface area contributed by atoms with Crippen LogP contribution in [0.4, 0.5) is 22.7 Å². The summed E-state index contributed by atoms with van der Waals surface area (Å²) in [5.41, 5.74) is 0.765. The molecule has 0 aromatic heterocycles. The molecule has 4 aromatic carbocycles. The topological polar surface area (TPSA) is 208 Å². The van der Waals surface area contributed by atoms with Gasteiger partial charge in [0.05, 0.1) is 22.9 Å². The first kappa shape index (κ1) is 29.4. The minimum absolute atomic E-state index is 0. The molecule has 4 rings (SSSR count). The normalized spacial score (nSPS) is 11.0. The van der Waals surface area contributed by atoms with E-state index in [0.29, 0.717) is 11.4 Å². The number of carboxylic acids is 2. The van der Waals surface area contributed by atoms with Gasteiger partial charge in [-0.05, 0) is 59.7 Å². The molecule has 0 amide bonds. The maximum absolute atomic E-state index is 11.2. The van der Waals surface area contributed by atoms with Crippen molar-refractivity contribution >= 4 is 34.7 Å². The second kappa shape index (κ2) is 12.6. The van der Waals surface area contributed by atoms with Crippen LogP contribution >= 0.6 is 0 Å². The summed E-state index contributed by atoms with van der Waals surface area (Å²) in [6.45, 7) is 0. The van der Waals surface area contributed by atoms with Gasteiger partial charge in [-0.25, -0.2) is 4.79 Å². The Bertz CT molecular complexity index is 1480. The zero-order chi connectivity index (χ0) is 27.4. The summed E-state index contributed by atoms with van der Waals surface area (Å²) >= 11 is 0. The van der Waals surface area contributed by atoms with E-state index in [4.69, 9.17) is 5.11 Å². The molecule has 0 saturated heterocycles. The van der Waals surface area contributed by atoms with Crippen LogP contribution in [-0.4, -0.2) is 37.5 Å². The number of nitrogens with zero attached hydrogens (tertiary/aromatic N) is 4. The van der Waals surface area contributed by atoms with Crippen molar-refractivity contribution in [3.63, 3.8) is 0 Å². The molecule has 0 bridgehead atoms. The summed E-state index contributed by atoms with van der Waals surface area (Å²) < 4.78 is 0. The van der Waals surface area contributed by atoms with Crippen molar-refractivity contribution in [3.05, 3.63) is 83.9 Å². The summed E-state index contributed by atoms with van der Waals surface area (Å²) in [4.78, 5) is 22.3. The minimum Gasteiger partial charge on any atom is -0.545 e. The molecule has 0 spiro atoms. The van der Waals surface area contributed by atoms with Crippen molar-refractivity contribution in [1.29, 1.82) is 0 Å². The number of carboxylic acid groups (broad SMARTS) is 2. The first-order valence-corrected chi connectivity index (χ1v) is 10.7. The number of azo groups is 2. The quantitative estimate of drug-likeness (QED) is 0.169. The average Bonchev–Trinajstić information content (AvgIpc) is 2.88. The van der Waals surface area contributed by atoms with Gasteiger partial charge < -0.3 is 35.4 Å². The average molecular weight is 553 g/mol. The van der Waals surface area contributed by atoms with Crippen molar-refractivity contribution in [3.8, 4) is 34.1 Å². The Kier molecular flexibility index (Phi) is 9.50. The second-order valence-corrected chi connectivity index (χ2v) is 7.74. The van der Waals surface area contributed by atoms with Gasteiger partial charge in [-0.1, -0.05) is 24.3 Å². The van der Waals surface area contributed by atoms with E-state index in [-0.39, 0.29) is 62.8 Å². The van der Waals surface area contributed by atoms with E-state index in [1.165, 1.54) is 12.1 Å². The number of benzene rings is 4. The Morgan fingerprint density at radius 1 is 0.564 bits per heavy atom. The molecule has 0 aliphatic rings. The second-order valence-electron chi connectivity index (χ2n) is 7.74. The Balaban J connectivity index is 0.00000420. The Labute approximate surface area is 262 Å². The molecular weight excluding hydrogens is 535 g/mol. The zero-order valence-corrected chi connectivity index (χ0v) is 23.3. The fourth-order valence-electron chi connectivity index (χ4n) is 3.38. The van der Waals surface area contributed by atoms with E-state index in [1.54, 1.807) is 48.5 Å². The predicted molar refractivity (Wildman–Crippen MR) is 131 cm³/mol. The fourth-order valence-corrected chi connectivity index (χ4v) is 3.38. The van der Waals surface area contributed by atoms with Gasteiger partial charge in [-0.2, -0.15) is 10.2 Å². The molecule has 0 aliphatic heterocycles. The monoisotopic (exact) mass is 552 g/mol. The van der Waals surface area contributed by atoms with Gasteiger partial charge in [0.25, 0.3) is 0 Å². The van der Waals surface area contributed by atoms with Crippen LogP contribution in [0.2, 0.25) is 0 Å². The van der Waals surface area contributed by atoms with Gasteiger partial charge >= 0.3 is 57.4 Å². The first-order chi connectivity index (χ1) is 18.2. The smallest absolute Gasteiger partial charge is 0.545 e. The molecule has 4 aromatic rings. The van der Waals surface area contributed by atoms with Crippen LogP contribution in [-0.2, 0) is 0 Å². The molecule has 0 fully saturated rings. The van der Waals surface area contributed by atoms with Crippen LogP contribution < -0.4 is 56.5 Å².